The Morgan fingerprint density at radius 3 is 2.68 bits per heavy atom. The zero-order chi connectivity index (χ0) is 17.8. The molecule has 1 aliphatic heterocycles. The third kappa shape index (κ3) is 4.12. The van der Waals surface area contributed by atoms with Gasteiger partial charge in [0.05, 0.1) is 5.69 Å². The van der Waals surface area contributed by atoms with Gasteiger partial charge in [0.15, 0.2) is 0 Å². The molecule has 1 aromatic rings. The number of nitrogens with two attached hydrogens (primary N) is 1. The first-order valence-electron chi connectivity index (χ1n) is 9.40. The van der Waals surface area contributed by atoms with Crippen LogP contribution in [0.4, 0.5) is 10.1 Å². The number of halogens is 1. The van der Waals surface area contributed by atoms with Crippen molar-refractivity contribution in [2.75, 3.05) is 44.2 Å². The second-order valence-corrected chi connectivity index (χ2v) is 7.09. The summed E-state index contributed by atoms with van der Waals surface area (Å²) in [4.78, 5) is 16.9. The zero-order valence-corrected chi connectivity index (χ0v) is 15.0. The molecule has 2 unspecified atom stereocenters. The number of carbonyl (C=O) groups is 1. The number of amides is 1. The Morgan fingerprint density at radius 2 is 2.04 bits per heavy atom. The number of likely N-dealkylation sites (N-methyl/N-ethyl adjacent to an activating group) is 1. The van der Waals surface area contributed by atoms with E-state index in [1.165, 1.54) is 6.07 Å². The van der Waals surface area contributed by atoms with Gasteiger partial charge in [-0.25, -0.2) is 4.39 Å². The third-order valence-corrected chi connectivity index (χ3v) is 5.65. The second-order valence-electron chi connectivity index (χ2n) is 7.09. The SMILES string of the molecule is CCN1CCN(c2ccc(C(=O)NC3CCCC3CN)cc2F)CC1. The third-order valence-electron chi connectivity index (χ3n) is 5.65. The lowest BCUT2D eigenvalue weighted by molar-refractivity contribution is 0.0928. The molecular formula is C19H29FN4O. The van der Waals surface area contributed by atoms with Crippen molar-refractivity contribution in [3.05, 3.63) is 29.6 Å². The number of carbonyl (C=O) groups excluding carboxylic acids is 1. The summed E-state index contributed by atoms with van der Waals surface area (Å²) < 4.78 is 14.6. The van der Waals surface area contributed by atoms with Gasteiger partial charge in [-0.1, -0.05) is 13.3 Å². The first-order chi connectivity index (χ1) is 12.1. The van der Waals surface area contributed by atoms with Crippen molar-refractivity contribution in [1.82, 2.24) is 10.2 Å². The monoisotopic (exact) mass is 348 g/mol. The van der Waals surface area contributed by atoms with Crippen molar-refractivity contribution >= 4 is 11.6 Å². The maximum atomic E-state index is 14.6. The van der Waals surface area contributed by atoms with E-state index in [1.807, 2.05) is 0 Å². The zero-order valence-electron chi connectivity index (χ0n) is 15.0. The van der Waals surface area contributed by atoms with Gasteiger partial charge in [-0.2, -0.15) is 0 Å². The van der Waals surface area contributed by atoms with Gasteiger partial charge in [0.1, 0.15) is 5.82 Å². The number of piperazine rings is 1. The summed E-state index contributed by atoms with van der Waals surface area (Å²) in [5.74, 6) is -0.186. The van der Waals surface area contributed by atoms with Crippen molar-refractivity contribution in [1.29, 1.82) is 0 Å². The molecule has 3 rings (SSSR count). The summed E-state index contributed by atoms with van der Waals surface area (Å²) in [6, 6.07) is 4.94. The molecular weight excluding hydrogens is 319 g/mol. The lowest BCUT2D eigenvalue weighted by Gasteiger charge is -2.35. The fraction of sp³-hybridized carbons (Fsp3) is 0.632. The predicted octanol–water partition coefficient (Wildman–Crippen LogP) is 1.82. The average Bonchev–Trinajstić information content (AvgIpc) is 3.09. The second kappa shape index (κ2) is 8.15. The Balaban J connectivity index is 1.64. The number of nitrogens with one attached hydrogen (secondary N) is 1. The molecule has 0 radical (unpaired) electrons. The Labute approximate surface area is 149 Å². The van der Waals surface area contributed by atoms with Crippen LogP contribution < -0.4 is 16.0 Å². The molecule has 0 spiro atoms. The molecule has 2 aliphatic rings. The molecule has 2 atom stereocenters. The maximum Gasteiger partial charge on any atom is 0.251 e. The quantitative estimate of drug-likeness (QED) is 0.852. The van der Waals surface area contributed by atoms with Gasteiger partial charge in [0.25, 0.3) is 5.91 Å². The predicted molar refractivity (Wildman–Crippen MR) is 98.4 cm³/mol. The van der Waals surface area contributed by atoms with E-state index in [0.717, 1.165) is 52.0 Å². The van der Waals surface area contributed by atoms with Crippen LogP contribution in [0.5, 0.6) is 0 Å². The van der Waals surface area contributed by atoms with E-state index in [9.17, 15) is 9.18 Å². The van der Waals surface area contributed by atoms with Crippen LogP contribution in [0.25, 0.3) is 0 Å². The molecule has 6 heteroatoms. The normalized spacial score (nSPS) is 24.5. The van der Waals surface area contributed by atoms with Crippen molar-refractivity contribution in [2.24, 2.45) is 11.7 Å². The van der Waals surface area contributed by atoms with Crippen molar-refractivity contribution in [3.8, 4) is 0 Å². The van der Waals surface area contributed by atoms with Crippen LogP contribution in [0, 0.1) is 11.7 Å². The minimum atomic E-state index is -0.320. The lowest BCUT2D eigenvalue weighted by Crippen LogP contribution is -2.46. The average molecular weight is 348 g/mol. The smallest absolute Gasteiger partial charge is 0.251 e. The van der Waals surface area contributed by atoms with Gasteiger partial charge >= 0.3 is 0 Å². The van der Waals surface area contributed by atoms with Gasteiger partial charge in [-0.05, 0) is 50.0 Å². The van der Waals surface area contributed by atoms with Gasteiger partial charge in [-0.15, -0.1) is 0 Å². The molecule has 3 N–H and O–H groups in total. The van der Waals surface area contributed by atoms with Crippen molar-refractivity contribution in [2.45, 2.75) is 32.2 Å². The number of rotatable bonds is 5. The van der Waals surface area contributed by atoms with E-state index in [1.54, 1.807) is 12.1 Å². The summed E-state index contributed by atoms with van der Waals surface area (Å²) in [6.45, 7) is 7.28. The van der Waals surface area contributed by atoms with Crippen molar-refractivity contribution < 1.29 is 9.18 Å². The molecule has 1 aliphatic carbocycles. The molecule has 1 heterocycles. The van der Waals surface area contributed by atoms with Crippen LogP contribution in [-0.4, -0.2) is 56.1 Å². The fourth-order valence-corrected chi connectivity index (χ4v) is 3.97. The van der Waals surface area contributed by atoms with Crippen LogP contribution in [-0.2, 0) is 0 Å². The fourth-order valence-electron chi connectivity index (χ4n) is 3.97. The summed E-state index contributed by atoms with van der Waals surface area (Å²) in [5.41, 5.74) is 6.74. The lowest BCUT2D eigenvalue weighted by atomic mass is 10.0. The van der Waals surface area contributed by atoms with Crippen LogP contribution in [0.3, 0.4) is 0 Å². The highest BCUT2D eigenvalue weighted by molar-refractivity contribution is 5.94. The number of benzene rings is 1. The summed E-state index contributed by atoms with van der Waals surface area (Å²) in [6.07, 6.45) is 3.10. The van der Waals surface area contributed by atoms with E-state index in [0.29, 0.717) is 23.7 Å². The molecule has 1 saturated heterocycles. The van der Waals surface area contributed by atoms with Gasteiger partial charge in [-0.3, -0.25) is 4.79 Å². The highest BCUT2D eigenvalue weighted by Crippen LogP contribution is 2.26. The molecule has 0 aromatic heterocycles. The summed E-state index contributed by atoms with van der Waals surface area (Å²) >= 11 is 0. The largest absolute Gasteiger partial charge is 0.367 e. The van der Waals surface area contributed by atoms with E-state index in [-0.39, 0.29) is 17.8 Å². The number of hydrogen-bond donors (Lipinski definition) is 2. The van der Waals surface area contributed by atoms with E-state index in [4.69, 9.17) is 5.73 Å². The Hall–Kier alpha value is -1.66. The molecule has 2 fully saturated rings. The molecule has 5 nitrogen and oxygen atoms in total. The first-order valence-corrected chi connectivity index (χ1v) is 9.40. The summed E-state index contributed by atoms with van der Waals surface area (Å²) in [7, 11) is 0. The molecule has 1 saturated carbocycles. The topological polar surface area (TPSA) is 61.6 Å². The Morgan fingerprint density at radius 1 is 1.28 bits per heavy atom. The molecule has 25 heavy (non-hydrogen) atoms. The van der Waals surface area contributed by atoms with E-state index < -0.39 is 0 Å². The minimum Gasteiger partial charge on any atom is -0.367 e. The molecule has 1 aromatic carbocycles. The Bertz CT molecular complexity index is 601. The summed E-state index contributed by atoms with van der Waals surface area (Å²) in [5, 5.41) is 3.03. The maximum absolute atomic E-state index is 14.6. The number of nitrogens with zero attached hydrogens (tertiary/aromatic N) is 2. The van der Waals surface area contributed by atoms with Gasteiger partial charge < -0.3 is 20.9 Å². The van der Waals surface area contributed by atoms with Crippen LogP contribution >= 0.6 is 0 Å². The first kappa shape index (κ1) is 18.1. The minimum absolute atomic E-state index is 0.113. The standard InChI is InChI=1S/C19H29FN4O/c1-2-23-8-10-24(11-9-23)18-7-6-14(12-16(18)20)19(25)22-17-5-3-4-15(17)13-21/h6-7,12,15,17H,2-5,8-11,13,21H2,1H3,(H,22,25). The van der Waals surface area contributed by atoms with Crippen molar-refractivity contribution in [3.63, 3.8) is 0 Å². The Kier molecular flexibility index (Phi) is 5.91. The molecule has 0 bridgehead atoms. The van der Waals surface area contributed by atoms with Gasteiger partial charge in [0.2, 0.25) is 0 Å². The number of anilines is 1. The van der Waals surface area contributed by atoms with Crippen LogP contribution in [0.15, 0.2) is 18.2 Å². The highest BCUT2D eigenvalue weighted by Gasteiger charge is 2.28. The van der Waals surface area contributed by atoms with Gasteiger partial charge in [0, 0.05) is 37.8 Å². The molecule has 138 valence electrons. The molecule has 1 amide bonds. The van der Waals surface area contributed by atoms with Crippen LogP contribution in [0.2, 0.25) is 0 Å². The van der Waals surface area contributed by atoms with E-state index >= 15 is 0 Å². The highest BCUT2D eigenvalue weighted by atomic mass is 19.1. The van der Waals surface area contributed by atoms with Crippen LogP contribution in [0.1, 0.15) is 36.5 Å². The number of hydrogen-bond acceptors (Lipinski definition) is 4. The van der Waals surface area contributed by atoms with E-state index in [2.05, 4.69) is 22.0 Å².